The monoisotopic (exact) mass is 450 g/mol. The topological polar surface area (TPSA) is 124 Å². The van der Waals surface area contributed by atoms with Gasteiger partial charge in [0.15, 0.2) is 9.47 Å². The summed E-state index contributed by atoms with van der Waals surface area (Å²) in [4.78, 5) is 43.2. The summed E-state index contributed by atoms with van der Waals surface area (Å²) < 4.78 is 6.00. The first-order valence-electron chi connectivity index (χ1n) is 8.09. The molecule has 0 radical (unpaired) electrons. The van der Waals surface area contributed by atoms with Crippen molar-refractivity contribution in [3.8, 4) is 0 Å². The molecule has 0 atom stereocenters. The lowest BCUT2D eigenvalue weighted by Crippen LogP contribution is -2.08. The molecule has 1 aromatic carbocycles. The molecular weight excluding hydrogens is 436 g/mol. The minimum atomic E-state index is -0.710. The first-order valence-corrected chi connectivity index (χ1v) is 10.7. The number of rotatable bonds is 7. The van der Waals surface area contributed by atoms with Crippen LogP contribution >= 0.6 is 34.4 Å². The number of nitrogens with zero attached hydrogens (tertiary/aromatic N) is 3. The van der Waals surface area contributed by atoms with Crippen LogP contribution in [0.2, 0.25) is 0 Å². The van der Waals surface area contributed by atoms with Crippen molar-refractivity contribution in [1.29, 1.82) is 0 Å². The van der Waals surface area contributed by atoms with E-state index in [0.29, 0.717) is 20.1 Å². The molecule has 0 bridgehead atoms. The van der Waals surface area contributed by atoms with E-state index in [1.807, 2.05) is 12.3 Å². The normalized spacial score (nSPS) is 10.6. The average Bonchev–Trinajstić information content (AvgIpc) is 3.28. The summed E-state index contributed by atoms with van der Waals surface area (Å²) in [5.41, 5.74) is 1.18. The van der Waals surface area contributed by atoms with Gasteiger partial charge in [-0.25, -0.2) is 14.8 Å². The van der Waals surface area contributed by atoms with Gasteiger partial charge in [-0.3, -0.25) is 14.9 Å². The van der Waals surface area contributed by atoms with Gasteiger partial charge in [0.1, 0.15) is 6.61 Å². The van der Waals surface area contributed by atoms with Crippen molar-refractivity contribution in [2.45, 2.75) is 29.7 Å². The molecule has 0 aliphatic heterocycles. The molecule has 3 rings (SSSR count). The van der Waals surface area contributed by atoms with Gasteiger partial charge in [-0.15, -0.1) is 22.7 Å². The summed E-state index contributed by atoms with van der Waals surface area (Å²) in [5.74, 6) is -0.961. The van der Waals surface area contributed by atoms with Gasteiger partial charge in [0.05, 0.1) is 16.2 Å². The Morgan fingerprint density at radius 2 is 2.07 bits per heavy atom. The van der Waals surface area contributed by atoms with Crippen LogP contribution in [0.15, 0.2) is 38.2 Å². The molecule has 0 aliphatic carbocycles. The molecule has 2 heterocycles. The third-order valence-electron chi connectivity index (χ3n) is 3.37. The van der Waals surface area contributed by atoms with Crippen LogP contribution in [0.25, 0.3) is 0 Å². The largest absolute Gasteiger partial charge is 0.456 e. The summed E-state index contributed by atoms with van der Waals surface area (Å²) in [5, 5.41) is 17.6. The van der Waals surface area contributed by atoms with E-state index in [-0.39, 0.29) is 23.8 Å². The molecular formula is C17H14N4O5S3. The van der Waals surface area contributed by atoms with Crippen molar-refractivity contribution in [3.63, 3.8) is 0 Å². The molecule has 3 aromatic rings. The van der Waals surface area contributed by atoms with Crippen LogP contribution in [-0.4, -0.2) is 26.8 Å². The predicted octanol–water partition coefficient (Wildman–Crippen LogP) is 4.28. The lowest BCUT2D eigenvalue weighted by molar-refractivity contribution is -0.384. The third kappa shape index (κ3) is 5.59. The van der Waals surface area contributed by atoms with Gasteiger partial charge in [-0.1, -0.05) is 11.8 Å². The standard InChI is InChI=1S/C17H14N4O5S3/c1-9-7-28-17(18-9)29-14-4-3-12(21(24)25)5-13(14)15(23)26-6-11-8-27-16(20-11)19-10(2)22/h3-5,7-8H,6H2,1-2H3,(H,19,20,22). The highest BCUT2D eigenvalue weighted by molar-refractivity contribution is 8.01. The average molecular weight is 451 g/mol. The fourth-order valence-corrected chi connectivity index (χ4v) is 4.79. The molecule has 1 N–H and O–H groups in total. The van der Waals surface area contributed by atoms with Crippen molar-refractivity contribution in [1.82, 2.24) is 9.97 Å². The number of nitro benzene ring substituents is 1. The molecule has 0 saturated carbocycles. The Bertz CT molecular complexity index is 1080. The fourth-order valence-electron chi connectivity index (χ4n) is 2.15. The van der Waals surface area contributed by atoms with Crippen molar-refractivity contribution < 1.29 is 19.2 Å². The third-order valence-corrected chi connectivity index (χ3v) is 6.31. The summed E-state index contributed by atoms with van der Waals surface area (Å²) in [6.07, 6.45) is 0. The van der Waals surface area contributed by atoms with Crippen molar-refractivity contribution in [2.75, 3.05) is 5.32 Å². The summed E-state index contributed by atoms with van der Waals surface area (Å²) in [6, 6.07) is 4.03. The highest BCUT2D eigenvalue weighted by atomic mass is 32.2. The number of aromatic nitrogens is 2. The molecule has 150 valence electrons. The number of aryl methyl sites for hydroxylation is 1. The second-order valence-corrected chi connectivity index (χ2v) is 8.70. The number of amides is 1. The Labute approximate surface area is 177 Å². The molecule has 0 fully saturated rings. The maximum absolute atomic E-state index is 12.6. The van der Waals surface area contributed by atoms with Crippen LogP contribution in [0.5, 0.6) is 0 Å². The second-order valence-electron chi connectivity index (χ2n) is 5.70. The number of benzene rings is 1. The summed E-state index contributed by atoms with van der Waals surface area (Å²) in [7, 11) is 0. The zero-order chi connectivity index (χ0) is 21.0. The second kappa shape index (κ2) is 9.11. The van der Waals surface area contributed by atoms with Gasteiger partial charge in [0.25, 0.3) is 5.69 Å². The van der Waals surface area contributed by atoms with E-state index in [9.17, 15) is 19.7 Å². The highest BCUT2D eigenvalue weighted by Crippen LogP contribution is 2.34. The molecule has 0 spiro atoms. The van der Waals surface area contributed by atoms with Gasteiger partial charge >= 0.3 is 5.97 Å². The van der Waals surface area contributed by atoms with Crippen LogP contribution in [0.4, 0.5) is 10.8 Å². The number of hydrogen-bond acceptors (Lipinski definition) is 10. The van der Waals surface area contributed by atoms with Gasteiger partial charge in [-0.05, 0) is 13.0 Å². The molecule has 9 nitrogen and oxygen atoms in total. The van der Waals surface area contributed by atoms with Gasteiger partial charge in [0.2, 0.25) is 5.91 Å². The summed E-state index contributed by atoms with van der Waals surface area (Å²) in [6.45, 7) is 3.10. The zero-order valence-electron chi connectivity index (χ0n) is 15.2. The van der Waals surface area contributed by atoms with Crippen LogP contribution in [0.3, 0.4) is 0 Å². The summed E-state index contributed by atoms with van der Waals surface area (Å²) >= 11 is 3.86. The number of carbonyl (C=O) groups is 2. The smallest absolute Gasteiger partial charge is 0.339 e. The first-order chi connectivity index (χ1) is 13.8. The van der Waals surface area contributed by atoms with E-state index in [1.165, 1.54) is 59.6 Å². The Hall–Kier alpha value is -2.83. The maximum Gasteiger partial charge on any atom is 0.339 e. The van der Waals surface area contributed by atoms with Crippen LogP contribution < -0.4 is 5.32 Å². The van der Waals surface area contributed by atoms with E-state index in [0.717, 1.165) is 5.69 Å². The van der Waals surface area contributed by atoms with Crippen molar-refractivity contribution in [3.05, 3.63) is 56.0 Å². The van der Waals surface area contributed by atoms with Crippen LogP contribution in [-0.2, 0) is 16.1 Å². The number of ether oxygens (including phenoxy) is 1. The SMILES string of the molecule is CC(=O)Nc1nc(COC(=O)c2cc([N+](=O)[O-])ccc2Sc2nc(C)cs2)cs1. The lowest BCUT2D eigenvalue weighted by Gasteiger charge is -2.08. The Kier molecular flexibility index (Phi) is 6.56. The minimum Gasteiger partial charge on any atom is -0.456 e. The minimum absolute atomic E-state index is 0.0781. The van der Waals surface area contributed by atoms with Crippen LogP contribution in [0.1, 0.15) is 28.7 Å². The molecule has 12 heteroatoms. The molecule has 1 amide bonds. The number of esters is 1. The predicted molar refractivity (Wildman–Crippen MR) is 110 cm³/mol. The molecule has 29 heavy (non-hydrogen) atoms. The lowest BCUT2D eigenvalue weighted by atomic mass is 10.2. The van der Waals surface area contributed by atoms with Crippen LogP contribution in [0, 0.1) is 17.0 Å². The van der Waals surface area contributed by atoms with Gasteiger partial charge in [0, 0.05) is 40.4 Å². The fraction of sp³-hybridized carbons (Fsp3) is 0.176. The molecule has 0 saturated heterocycles. The molecule has 2 aromatic heterocycles. The zero-order valence-corrected chi connectivity index (χ0v) is 17.7. The van der Waals surface area contributed by atoms with Gasteiger partial charge < -0.3 is 10.1 Å². The Balaban J connectivity index is 1.78. The number of carbonyl (C=O) groups excluding carboxylic acids is 2. The molecule has 0 unspecified atom stereocenters. The number of non-ortho nitro benzene ring substituents is 1. The quantitative estimate of drug-likeness (QED) is 0.321. The Morgan fingerprint density at radius 1 is 1.28 bits per heavy atom. The van der Waals surface area contributed by atoms with Crippen molar-refractivity contribution >= 4 is 57.1 Å². The first kappa shape index (κ1) is 20.9. The van der Waals surface area contributed by atoms with E-state index in [1.54, 1.807) is 5.38 Å². The number of nitrogens with one attached hydrogen (secondary N) is 1. The van der Waals surface area contributed by atoms with E-state index in [2.05, 4.69) is 15.3 Å². The van der Waals surface area contributed by atoms with Gasteiger partial charge in [-0.2, -0.15) is 0 Å². The molecule has 0 aliphatic rings. The number of thiazole rings is 2. The highest BCUT2D eigenvalue weighted by Gasteiger charge is 2.20. The number of nitro groups is 1. The number of hydrogen-bond donors (Lipinski definition) is 1. The van der Waals surface area contributed by atoms with Crippen molar-refractivity contribution in [2.24, 2.45) is 0 Å². The maximum atomic E-state index is 12.6. The van der Waals surface area contributed by atoms with E-state index in [4.69, 9.17) is 4.74 Å². The van der Waals surface area contributed by atoms with E-state index < -0.39 is 10.9 Å². The number of anilines is 1. The Morgan fingerprint density at radius 3 is 2.72 bits per heavy atom. The van der Waals surface area contributed by atoms with E-state index >= 15 is 0 Å².